The minimum atomic E-state index is -0.679. The SMILES string of the molecule is CC(C)(C)NC(=O)[C@@H]1C[C@]2(C)CCCC[C@]2(C)CN1C[C@@H](O)[C@@H](N)Cc1ccccc1. The molecule has 5 nitrogen and oxygen atoms in total. The van der Waals surface area contributed by atoms with E-state index in [0.29, 0.717) is 13.0 Å². The van der Waals surface area contributed by atoms with Gasteiger partial charge in [0.15, 0.2) is 0 Å². The zero-order chi connectivity index (χ0) is 22.9. The number of carbonyl (C=O) groups excluding carboxylic acids is 1. The first-order valence-corrected chi connectivity index (χ1v) is 12.0. The number of nitrogens with zero attached hydrogens (tertiary/aromatic N) is 1. The summed E-state index contributed by atoms with van der Waals surface area (Å²) in [6.45, 7) is 12.1. The molecule has 174 valence electrons. The van der Waals surface area contributed by atoms with Crippen LogP contribution in [0.25, 0.3) is 0 Å². The number of fused-ring (bicyclic) bond motifs is 1. The molecule has 0 spiro atoms. The van der Waals surface area contributed by atoms with Crippen molar-refractivity contribution in [1.82, 2.24) is 10.2 Å². The number of hydrogen-bond donors (Lipinski definition) is 3. The van der Waals surface area contributed by atoms with Crippen LogP contribution < -0.4 is 11.1 Å². The molecule has 0 aromatic heterocycles. The monoisotopic (exact) mass is 429 g/mol. The highest BCUT2D eigenvalue weighted by molar-refractivity contribution is 5.82. The van der Waals surface area contributed by atoms with Gasteiger partial charge in [0.2, 0.25) is 5.91 Å². The van der Waals surface area contributed by atoms with Crippen LogP contribution in [0.4, 0.5) is 0 Å². The number of rotatable bonds is 6. The van der Waals surface area contributed by atoms with Crippen molar-refractivity contribution in [1.29, 1.82) is 0 Å². The van der Waals surface area contributed by atoms with Gasteiger partial charge in [-0.25, -0.2) is 0 Å². The Bertz CT molecular complexity index is 747. The molecule has 5 heteroatoms. The first-order chi connectivity index (χ1) is 14.4. The Morgan fingerprint density at radius 3 is 2.42 bits per heavy atom. The Hall–Kier alpha value is -1.43. The van der Waals surface area contributed by atoms with Gasteiger partial charge in [-0.1, -0.05) is 57.0 Å². The van der Waals surface area contributed by atoms with Crippen LogP contribution in [0.2, 0.25) is 0 Å². The van der Waals surface area contributed by atoms with Gasteiger partial charge < -0.3 is 16.2 Å². The van der Waals surface area contributed by atoms with E-state index in [2.05, 4.69) is 24.1 Å². The van der Waals surface area contributed by atoms with Crippen LogP contribution in [0.1, 0.15) is 72.3 Å². The van der Waals surface area contributed by atoms with Gasteiger partial charge in [-0.15, -0.1) is 0 Å². The van der Waals surface area contributed by atoms with E-state index < -0.39 is 6.10 Å². The number of piperidine rings is 1. The van der Waals surface area contributed by atoms with Crippen molar-refractivity contribution in [2.75, 3.05) is 13.1 Å². The van der Waals surface area contributed by atoms with Gasteiger partial charge in [0, 0.05) is 24.7 Å². The Morgan fingerprint density at radius 2 is 1.81 bits per heavy atom. The molecule has 1 heterocycles. The normalized spacial score (nSPS) is 31.5. The van der Waals surface area contributed by atoms with Crippen molar-refractivity contribution in [2.45, 2.75) is 96.9 Å². The molecule has 31 heavy (non-hydrogen) atoms. The molecule has 5 atom stereocenters. The Morgan fingerprint density at radius 1 is 1.19 bits per heavy atom. The molecule has 4 N–H and O–H groups in total. The first kappa shape index (κ1) is 24.2. The second-order valence-corrected chi connectivity index (χ2v) is 11.6. The summed E-state index contributed by atoms with van der Waals surface area (Å²) in [5, 5.41) is 14.2. The summed E-state index contributed by atoms with van der Waals surface area (Å²) >= 11 is 0. The van der Waals surface area contributed by atoms with Crippen molar-refractivity contribution in [3.05, 3.63) is 35.9 Å². The van der Waals surface area contributed by atoms with Gasteiger partial charge in [-0.3, -0.25) is 9.69 Å². The summed E-state index contributed by atoms with van der Waals surface area (Å²) < 4.78 is 0. The maximum atomic E-state index is 13.3. The third-order valence-corrected chi connectivity index (χ3v) is 7.83. The smallest absolute Gasteiger partial charge is 0.237 e. The molecule has 2 fully saturated rings. The van der Waals surface area contributed by atoms with E-state index in [9.17, 15) is 9.90 Å². The van der Waals surface area contributed by atoms with E-state index in [4.69, 9.17) is 5.73 Å². The third kappa shape index (κ3) is 5.68. The minimum Gasteiger partial charge on any atom is -0.390 e. The highest BCUT2D eigenvalue weighted by Crippen LogP contribution is 2.56. The van der Waals surface area contributed by atoms with Crippen molar-refractivity contribution < 1.29 is 9.90 Å². The topological polar surface area (TPSA) is 78.6 Å². The van der Waals surface area contributed by atoms with Crippen LogP contribution in [0.5, 0.6) is 0 Å². The number of nitrogens with one attached hydrogen (secondary N) is 1. The summed E-state index contributed by atoms with van der Waals surface area (Å²) in [6.07, 6.45) is 5.63. The molecule has 1 aliphatic heterocycles. The first-order valence-electron chi connectivity index (χ1n) is 12.0. The van der Waals surface area contributed by atoms with Crippen molar-refractivity contribution in [3.63, 3.8) is 0 Å². The lowest BCUT2D eigenvalue weighted by molar-refractivity contribution is -0.144. The fraction of sp³-hybridized carbons (Fsp3) is 0.731. The number of hydrogen-bond acceptors (Lipinski definition) is 4. The predicted molar refractivity (Wildman–Crippen MR) is 127 cm³/mol. The van der Waals surface area contributed by atoms with Crippen LogP contribution in [-0.4, -0.2) is 52.7 Å². The van der Waals surface area contributed by atoms with E-state index in [-0.39, 0.29) is 34.4 Å². The van der Waals surface area contributed by atoms with Crippen LogP contribution in [0.3, 0.4) is 0 Å². The van der Waals surface area contributed by atoms with E-state index in [0.717, 1.165) is 18.5 Å². The quantitative estimate of drug-likeness (QED) is 0.647. The van der Waals surface area contributed by atoms with Crippen LogP contribution >= 0.6 is 0 Å². The zero-order valence-electron chi connectivity index (χ0n) is 20.2. The summed E-state index contributed by atoms with van der Waals surface area (Å²) in [5.41, 5.74) is 7.56. The molecule has 2 aliphatic rings. The standard InChI is InChI=1S/C26H43N3O2/c1-24(2,3)28-23(31)21-16-25(4)13-9-10-14-26(25,5)18-29(21)17-22(30)20(27)15-19-11-7-6-8-12-19/h6-8,11-12,20-22,30H,9-10,13-18,27H2,1-5H3,(H,28,31)/t20-,21-,22+,25-,26+/m0/s1. The lowest BCUT2D eigenvalue weighted by Gasteiger charge is -2.59. The number of β-amino-alcohol motifs (C(OH)–C–C–N with tert-alkyl or cyclic N) is 1. The van der Waals surface area contributed by atoms with Crippen LogP contribution in [0, 0.1) is 10.8 Å². The van der Waals surface area contributed by atoms with E-state index in [1.54, 1.807) is 0 Å². The van der Waals surface area contributed by atoms with Crippen molar-refractivity contribution >= 4 is 5.91 Å². The van der Waals surface area contributed by atoms with Crippen molar-refractivity contribution in [2.24, 2.45) is 16.6 Å². The molecule has 1 aromatic carbocycles. The maximum absolute atomic E-state index is 13.3. The predicted octanol–water partition coefficient (Wildman–Crippen LogP) is 3.49. The number of nitrogens with two attached hydrogens (primary N) is 1. The third-order valence-electron chi connectivity index (χ3n) is 7.83. The van der Waals surface area contributed by atoms with Crippen molar-refractivity contribution in [3.8, 4) is 0 Å². The molecule has 1 amide bonds. The van der Waals surface area contributed by atoms with Crippen LogP contribution in [0.15, 0.2) is 30.3 Å². The summed E-state index contributed by atoms with van der Waals surface area (Å²) in [7, 11) is 0. The van der Waals surface area contributed by atoms with Gasteiger partial charge in [0.1, 0.15) is 0 Å². The summed E-state index contributed by atoms with van der Waals surface area (Å²) in [5.74, 6) is 0.0742. The molecule has 1 aromatic rings. The van der Waals surface area contributed by atoms with Crippen LogP contribution in [-0.2, 0) is 11.2 Å². The summed E-state index contributed by atoms with van der Waals surface area (Å²) in [4.78, 5) is 15.5. The van der Waals surface area contributed by atoms with E-state index in [1.807, 2.05) is 51.1 Å². The van der Waals surface area contributed by atoms with E-state index in [1.165, 1.54) is 25.7 Å². The molecule has 3 rings (SSSR count). The van der Waals surface area contributed by atoms with Gasteiger partial charge >= 0.3 is 0 Å². The van der Waals surface area contributed by atoms with Gasteiger partial charge in [-0.2, -0.15) is 0 Å². The van der Waals surface area contributed by atoms with Gasteiger partial charge in [0.05, 0.1) is 12.1 Å². The average Bonchev–Trinajstić information content (AvgIpc) is 2.67. The second-order valence-electron chi connectivity index (χ2n) is 11.6. The average molecular weight is 430 g/mol. The zero-order valence-corrected chi connectivity index (χ0v) is 20.2. The highest BCUT2D eigenvalue weighted by Gasteiger charge is 2.54. The van der Waals surface area contributed by atoms with E-state index >= 15 is 0 Å². The largest absolute Gasteiger partial charge is 0.390 e. The Kier molecular flexibility index (Phi) is 7.19. The molecule has 0 unspecified atom stereocenters. The number of aliphatic hydroxyl groups is 1. The molecular formula is C26H43N3O2. The number of benzene rings is 1. The maximum Gasteiger partial charge on any atom is 0.237 e. The number of aliphatic hydroxyl groups excluding tert-OH is 1. The highest BCUT2D eigenvalue weighted by atomic mass is 16.3. The fourth-order valence-electron chi connectivity index (χ4n) is 5.67. The Balaban J connectivity index is 1.77. The van der Waals surface area contributed by atoms with Gasteiger partial charge in [0.25, 0.3) is 0 Å². The lowest BCUT2D eigenvalue weighted by Crippen LogP contribution is -2.64. The molecule has 1 saturated heterocycles. The fourth-order valence-corrected chi connectivity index (χ4v) is 5.67. The molecule has 0 radical (unpaired) electrons. The summed E-state index contributed by atoms with van der Waals surface area (Å²) in [6, 6.07) is 9.48. The molecule has 0 bridgehead atoms. The molecular weight excluding hydrogens is 386 g/mol. The van der Waals surface area contributed by atoms with Gasteiger partial charge in [-0.05, 0) is 62.8 Å². The Labute approximate surface area is 188 Å². The number of carbonyl (C=O) groups is 1. The number of amides is 1. The number of likely N-dealkylation sites (tertiary alicyclic amines) is 1. The molecule has 1 saturated carbocycles. The lowest BCUT2D eigenvalue weighted by atomic mass is 9.53. The second kappa shape index (κ2) is 9.21. The minimum absolute atomic E-state index is 0.0742. The molecule has 1 aliphatic carbocycles.